The van der Waals surface area contributed by atoms with Gasteiger partial charge in [0.05, 0.1) is 5.33 Å². The van der Waals surface area contributed by atoms with E-state index in [0.717, 1.165) is 5.56 Å². The zero-order valence-electron chi connectivity index (χ0n) is 9.84. The lowest BCUT2D eigenvalue weighted by Crippen LogP contribution is -2.14. The summed E-state index contributed by atoms with van der Waals surface area (Å²) in [5.41, 5.74) is 2.35. The van der Waals surface area contributed by atoms with Crippen molar-refractivity contribution < 1.29 is 9.59 Å². The molecule has 1 aromatic carbocycles. The first-order valence-corrected chi connectivity index (χ1v) is 6.45. The minimum Gasteiger partial charge on any atom is -0.326 e. The van der Waals surface area contributed by atoms with Crippen LogP contribution in [0, 0.1) is 6.92 Å². The smallest absolute Gasteiger partial charge is 0.235 e. The van der Waals surface area contributed by atoms with Gasteiger partial charge in [-0.05, 0) is 24.6 Å². The number of benzene rings is 1. The number of alkyl halides is 1. The first kappa shape index (κ1) is 13.7. The average Bonchev–Trinajstić information content (AvgIpc) is 2.33. The topological polar surface area (TPSA) is 58.2 Å². The number of halogens is 1. The Labute approximate surface area is 109 Å². The zero-order valence-corrected chi connectivity index (χ0v) is 11.4. The van der Waals surface area contributed by atoms with Crippen LogP contribution in [0.15, 0.2) is 18.2 Å². The third-order valence-electron chi connectivity index (χ3n) is 2.24. The lowest BCUT2D eigenvalue weighted by molar-refractivity contribution is -0.116. The van der Waals surface area contributed by atoms with E-state index in [-0.39, 0.29) is 17.1 Å². The highest BCUT2D eigenvalue weighted by atomic mass is 79.9. The second kappa shape index (κ2) is 6.39. The molecule has 0 aliphatic carbocycles. The van der Waals surface area contributed by atoms with E-state index in [1.807, 2.05) is 19.1 Å². The van der Waals surface area contributed by atoms with Gasteiger partial charge >= 0.3 is 0 Å². The molecule has 0 aliphatic heterocycles. The van der Waals surface area contributed by atoms with Gasteiger partial charge in [-0.2, -0.15) is 0 Å². The molecule has 0 bridgehead atoms. The third kappa shape index (κ3) is 4.19. The molecule has 0 heterocycles. The van der Waals surface area contributed by atoms with E-state index in [1.54, 1.807) is 13.0 Å². The number of hydrogen-bond donors (Lipinski definition) is 2. The zero-order chi connectivity index (χ0) is 12.8. The standard InChI is InChI=1S/C12H15BrN2O2/c1-3-11(16)14-9-5-4-8(2)10(6-9)15-12(17)7-13/h4-6H,3,7H2,1-2H3,(H,14,16)(H,15,17). The summed E-state index contributed by atoms with van der Waals surface area (Å²) in [6.45, 7) is 3.69. The highest BCUT2D eigenvalue weighted by Crippen LogP contribution is 2.20. The maximum absolute atomic E-state index is 11.3. The number of carbonyl (C=O) groups excluding carboxylic acids is 2. The minimum absolute atomic E-state index is 0.0494. The van der Waals surface area contributed by atoms with Gasteiger partial charge in [-0.15, -0.1) is 0 Å². The van der Waals surface area contributed by atoms with Crippen molar-refractivity contribution in [1.82, 2.24) is 0 Å². The average molecular weight is 299 g/mol. The molecule has 0 atom stereocenters. The van der Waals surface area contributed by atoms with Crippen molar-refractivity contribution in [2.45, 2.75) is 20.3 Å². The molecule has 0 unspecified atom stereocenters. The Morgan fingerprint density at radius 1 is 1.24 bits per heavy atom. The summed E-state index contributed by atoms with van der Waals surface area (Å²) in [6, 6.07) is 5.42. The Balaban J connectivity index is 2.86. The van der Waals surface area contributed by atoms with Crippen molar-refractivity contribution in [3.8, 4) is 0 Å². The minimum atomic E-state index is -0.118. The molecule has 0 fully saturated rings. The van der Waals surface area contributed by atoms with Crippen molar-refractivity contribution in [3.05, 3.63) is 23.8 Å². The molecule has 1 aromatic rings. The van der Waals surface area contributed by atoms with Crippen LogP contribution < -0.4 is 10.6 Å². The molecule has 5 heteroatoms. The van der Waals surface area contributed by atoms with Gasteiger partial charge in [0.2, 0.25) is 11.8 Å². The van der Waals surface area contributed by atoms with Crippen molar-refractivity contribution >= 4 is 39.1 Å². The monoisotopic (exact) mass is 298 g/mol. The van der Waals surface area contributed by atoms with Gasteiger partial charge in [-0.3, -0.25) is 9.59 Å². The summed E-state index contributed by atoms with van der Waals surface area (Å²) in [5, 5.41) is 5.75. The Morgan fingerprint density at radius 3 is 2.53 bits per heavy atom. The van der Waals surface area contributed by atoms with E-state index in [4.69, 9.17) is 0 Å². The molecule has 0 saturated carbocycles. The van der Waals surface area contributed by atoms with Gasteiger partial charge in [0.15, 0.2) is 0 Å². The van der Waals surface area contributed by atoms with Crippen LogP contribution in [0.25, 0.3) is 0 Å². The Hall–Kier alpha value is -1.36. The lowest BCUT2D eigenvalue weighted by atomic mass is 10.1. The predicted octanol–water partition coefficient (Wildman–Crippen LogP) is 2.68. The highest BCUT2D eigenvalue weighted by molar-refractivity contribution is 9.09. The summed E-state index contributed by atoms with van der Waals surface area (Å²) >= 11 is 3.09. The van der Waals surface area contributed by atoms with Gasteiger partial charge in [0.25, 0.3) is 0 Å². The normalized spacial score (nSPS) is 9.82. The molecule has 17 heavy (non-hydrogen) atoms. The largest absolute Gasteiger partial charge is 0.326 e. The van der Waals surface area contributed by atoms with E-state index in [0.29, 0.717) is 17.8 Å². The van der Waals surface area contributed by atoms with E-state index in [9.17, 15) is 9.59 Å². The number of nitrogens with one attached hydrogen (secondary N) is 2. The van der Waals surface area contributed by atoms with Crippen LogP contribution in [0.2, 0.25) is 0 Å². The van der Waals surface area contributed by atoms with E-state index in [1.165, 1.54) is 0 Å². The first-order chi connectivity index (χ1) is 8.06. The van der Waals surface area contributed by atoms with E-state index >= 15 is 0 Å². The molecule has 4 nitrogen and oxygen atoms in total. The Morgan fingerprint density at radius 2 is 1.94 bits per heavy atom. The SMILES string of the molecule is CCC(=O)Nc1ccc(C)c(NC(=O)CBr)c1. The van der Waals surface area contributed by atoms with Gasteiger partial charge in [0, 0.05) is 17.8 Å². The molecular formula is C12H15BrN2O2. The summed E-state index contributed by atoms with van der Waals surface area (Å²) in [4.78, 5) is 22.5. The molecule has 0 aromatic heterocycles. The van der Waals surface area contributed by atoms with E-state index in [2.05, 4.69) is 26.6 Å². The van der Waals surface area contributed by atoms with Crippen LogP contribution in [0.1, 0.15) is 18.9 Å². The second-order valence-electron chi connectivity index (χ2n) is 3.61. The van der Waals surface area contributed by atoms with Crippen molar-refractivity contribution in [2.75, 3.05) is 16.0 Å². The maximum atomic E-state index is 11.3. The molecule has 2 amide bonds. The predicted molar refractivity (Wildman–Crippen MR) is 72.5 cm³/mol. The lowest BCUT2D eigenvalue weighted by Gasteiger charge is -2.10. The fourth-order valence-corrected chi connectivity index (χ4v) is 1.41. The van der Waals surface area contributed by atoms with Crippen LogP contribution in [0.3, 0.4) is 0 Å². The van der Waals surface area contributed by atoms with Crippen LogP contribution in [-0.4, -0.2) is 17.1 Å². The molecule has 2 N–H and O–H groups in total. The van der Waals surface area contributed by atoms with Crippen LogP contribution in [-0.2, 0) is 9.59 Å². The van der Waals surface area contributed by atoms with Crippen LogP contribution in [0.5, 0.6) is 0 Å². The number of amides is 2. The molecule has 0 saturated heterocycles. The number of anilines is 2. The summed E-state index contributed by atoms with van der Waals surface area (Å²) in [5.74, 6) is -0.168. The molecule has 0 spiro atoms. The number of aryl methyl sites for hydroxylation is 1. The Kier molecular flexibility index (Phi) is 5.15. The van der Waals surface area contributed by atoms with Crippen molar-refractivity contribution in [1.29, 1.82) is 0 Å². The van der Waals surface area contributed by atoms with Gasteiger partial charge < -0.3 is 10.6 Å². The molecule has 92 valence electrons. The summed E-state index contributed by atoms with van der Waals surface area (Å²) < 4.78 is 0. The fourth-order valence-electron chi connectivity index (χ4n) is 1.27. The van der Waals surface area contributed by atoms with Crippen molar-refractivity contribution in [3.63, 3.8) is 0 Å². The van der Waals surface area contributed by atoms with Gasteiger partial charge in [-0.25, -0.2) is 0 Å². The quantitative estimate of drug-likeness (QED) is 0.840. The highest BCUT2D eigenvalue weighted by Gasteiger charge is 2.05. The summed E-state index contributed by atoms with van der Waals surface area (Å²) in [7, 11) is 0. The van der Waals surface area contributed by atoms with Gasteiger partial charge in [0.1, 0.15) is 0 Å². The third-order valence-corrected chi connectivity index (χ3v) is 2.75. The first-order valence-electron chi connectivity index (χ1n) is 5.33. The molecule has 0 radical (unpaired) electrons. The van der Waals surface area contributed by atoms with Gasteiger partial charge in [-0.1, -0.05) is 28.9 Å². The van der Waals surface area contributed by atoms with E-state index < -0.39 is 0 Å². The number of rotatable bonds is 4. The maximum Gasteiger partial charge on any atom is 0.235 e. The molecule has 0 aliphatic rings. The van der Waals surface area contributed by atoms with Crippen LogP contribution >= 0.6 is 15.9 Å². The molecule has 1 rings (SSSR count). The fraction of sp³-hybridized carbons (Fsp3) is 0.333. The second-order valence-corrected chi connectivity index (χ2v) is 4.17. The Bertz CT molecular complexity index is 433. The number of carbonyl (C=O) groups is 2. The number of hydrogen-bond acceptors (Lipinski definition) is 2. The summed E-state index contributed by atoms with van der Waals surface area (Å²) in [6.07, 6.45) is 0.428. The molecular weight excluding hydrogens is 284 g/mol. The van der Waals surface area contributed by atoms with Crippen molar-refractivity contribution in [2.24, 2.45) is 0 Å². The van der Waals surface area contributed by atoms with Crippen LogP contribution in [0.4, 0.5) is 11.4 Å².